The molecule has 4 nitrogen and oxygen atoms in total. The van der Waals surface area contributed by atoms with Gasteiger partial charge in [-0.1, -0.05) is 48.5 Å². The molecule has 0 aromatic heterocycles. The van der Waals surface area contributed by atoms with Crippen molar-refractivity contribution < 1.29 is 14.3 Å². The number of Topliss-reactive ketones (excluding diaryl/α,β-unsaturated/α-hetero) is 1. The largest absolute Gasteiger partial charge is 0.493 e. The Kier molecular flexibility index (Phi) is 4.94. The predicted octanol–water partition coefficient (Wildman–Crippen LogP) is 3.33. The summed E-state index contributed by atoms with van der Waals surface area (Å²) < 4.78 is 5.60. The molecule has 0 fully saturated rings. The van der Waals surface area contributed by atoms with Gasteiger partial charge < -0.3 is 10.1 Å². The highest BCUT2D eigenvalue weighted by Crippen LogP contribution is 2.33. The molecule has 0 aliphatic carbocycles. The van der Waals surface area contributed by atoms with Gasteiger partial charge in [-0.05, 0) is 19.4 Å². The third-order valence-corrected chi connectivity index (χ3v) is 4.25. The van der Waals surface area contributed by atoms with E-state index in [1.807, 2.05) is 49.4 Å². The van der Waals surface area contributed by atoms with E-state index < -0.39 is 0 Å². The molecular formula is C20H21NO3. The Morgan fingerprint density at radius 3 is 2.62 bits per heavy atom. The third-order valence-electron chi connectivity index (χ3n) is 4.25. The maximum atomic E-state index is 12.6. The van der Waals surface area contributed by atoms with Gasteiger partial charge >= 0.3 is 0 Å². The number of carbonyl (C=O) groups excluding carboxylic acids is 2. The smallest absolute Gasteiger partial charge is 0.228 e. The monoisotopic (exact) mass is 323 g/mol. The molecule has 0 radical (unpaired) electrons. The Labute approximate surface area is 141 Å². The minimum absolute atomic E-state index is 0.0378. The number of amides is 1. The number of fused-ring (bicyclic) bond motifs is 1. The van der Waals surface area contributed by atoms with Gasteiger partial charge in [-0.25, -0.2) is 0 Å². The van der Waals surface area contributed by atoms with E-state index in [1.165, 1.54) is 0 Å². The van der Waals surface area contributed by atoms with E-state index in [2.05, 4.69) is 5.32 Å². The summed E-state index contributed by atoms with van der Waals surface area (Å²) in [6, 6.07) is 16.6. The number of rotatable bonds is 5. The Hall–Kier alpha value is -2.62. The summed E-state index contributed by atoms with van der Waals surface area (Å²) in [5.41, 5.74) is 1.60. The molecule has 2 aromatic carbocycles. The van der Waals surface area contributed by atoms with Crippen LogP contribution < -0.4 is 10.1 Å². The number of carbonyl (C=O) groups is 2. The van der Waals surface area contributed by atoms with Crippen molar-refractivity contribution in [1.29, 1.82) is 0 Å². The second kappa shape index (κ2) is 7.30. The van der Waals surface area contributed by atoms with Crippen molar-refractivity contribution in [1.82, 2.24) is 5.32 Å². The number of hydrogen-bond donors (Lipinski definition) is 1. The van der Waals surface area contributed by atoms with Crippen molar-refractivity contribution in [2.24, 2.45) is 0 Å². The first-order chi connectivity index (χ1) is 11.6. The van der Waals surface area contributed by atoms with Gasteiger partial charge in [0.2, 0.25) is 5.91 Å². The first kappa shape index (κ1) is 16.2. The summed E-state index contributed by atoms with van der Waals surface area (Å²) in [6.07, 6.45) is 0.947. The Balaban J connectivity index is 1.62. The molecule has 1 heterocycles. The van der Waals surface area contributed by atoms with Crippen LogP contribution in [0.15, 0.2) is 54.6 Å². The molecular weight excluding hydrogens is 302 g/mol. The van der Waals surface area contributed by atoms with Crippen LogP contribution in [0.25, 0.3) is 0 Å². The molecule has 0 saturated carbocycles. The van der Waals surface area contributed by atoms with E-state index in [9.17, 15) is 9.59 Å². The molecule has 3 rings (SSSR count). The molecule has 1 aliphatic heterocycles. The predicted molar refractivity (Wildman–Crippen MR) is 92.3 cm³/mol. The summed E-state index contributed by atoms with van der Waals surface area (Å²) >= 11 is 0. The van der Waals surface area contributed by atoms with Gasteiger partial charge in [0.1, 0.15) is 5.75 Å². The number of hydrogen-bond acceptors (Lipinski definition) is 3. The lowest BCUT2D eigenvalue weighted by atomic mass is 9.92. The molecule has 0 unspecified atom stereocenters. The zero-order chi connectivity index (χ0) is 16.9. The highest BCUT2D eigenvalue weighted by Gasteiger charge is 2.28. The van der Waals surface area contributed by atoms with Crippen molar-refractivity contribution in [2.45, 2.75) is 31.7 Å². The quantitative estimate of drug-likeness (QED) is 0.859. The van der Waals surface area contributed by atoms with Crippen LogP contribution in [0.4, 0.5) is 0 Å². The van der Waals surface area contributed by atoms with E-state index in [0.717, 1.165) is 11.3 Å². The van der Waals surface area contributed by atoms with Gasteiger partial charge in [-0.15, -0.1) is 0 Å². The van der Waals surface area contributed by atoms with E-state index in [0.29, 0.717) is 25.0 Å². The van der Waals surface area contributed by atoms with E-state index >= 15 is 0 Å². The van der Waals surface area contributed by atoms with Crippen LogP contribution in [0.1, 0.15) is 41.6 Å². The van der Waals surface area contributed by atoms with Gasteiger partial charge in [0.05, 0.1) is 12.5 Å². The van der Waals surface area contributed by atoms with E-state index in [-0.39, 0.29) is 23.7 Å². The van der Waals surface area contributed by atoms with Crippen molar-refractivity contribution in [3.8, 4) is 5.75 Å². The van der Waals surface area contributed by atoms with Gasteiger partial charge in [-0.3, -0.25) is 9.59 Å². The highest BCUT2D eigenvalue weighted by molar-refractivity contribution is 5.96. The molecule has 1 amide bonds. The minimum atomic E-state index is -0.218. The fourth-order valence-electron chi connectivity index (χ4n) is 3.03. The Morgan fingerprint density at radius 2 is 1.83 bits per heavy atom. The van der Waals surface area contributed by atoms with Crippen LogP contribution >= 0.6 is 0 Å². The topological polar surface area (TPSA) is 55.4 Å². The standard InChI is InChI=1S/C20H21NO3/c1-14(13-18(22)15-7-3-2-4-8-15)21-20(23)17-11-12-24-19-10-6-5-9-16(17)19/h2-10,14,17H,11-13H2,1H3,(H,21,23)/t14-,17-/m0/s1. The molecule has 0 bridgehead atoms. The van der Waals surface area contributed by atoms with Crippen LogP contribution in [0.5, 0.6) is 5.75 Å². The van der Waals surface area contributed by atoms with E-state index in [1.54, 1.807) is 12.1 Å². The lowest BCUT2D eigenvalue weighted by Crippen LogP contribution is -2.39. The second-order valence-electron chi connectivity index (χ2n) is 6.13. The summed E-state index contributed by atoms with van der Waals surface area (Å²) in [5, 5.41) is 2.98. The first-order valence-electron chi connectivity index (χ1n) is 8.25. The SMILES string of the molecule is C[C@@H](CC(=O)c1ccccc1)NC(=O)[C@H]1CCOc2ccccc21. The zero-order valence-corrected chi connectivity index (χ0v) is 13.7. The van der Waals surface area contributed by atoms with Crippen LogP contribution in [0.3, 0.4) is 0 Å². The number of para-hydroxylation sites is 1. The average molecular weight is 323 g/mol. The molecule has 1 N–H and O–H groups in total. The minimum Gasteiger partial charge on any atom is -0.493 e. The summed E-state index contributed by atoms with van der Waals surface area (Å²) in [7, 11) is 0. The normalized spacial score (nSPS) is 17.3. The van der Waals surface area contributed by atoms with Crippen molar-refractivity contribution in [2.75, 3.05) is 6.61 Å². The highest BCUT2D eigenvalue weighted by atomic mass is 16.5. The van der Waals surface area contributed by atoms with Crippen molar-refractivity contribution in [3.63, 3.8) is 0 Å². The molecule has 4 heteroatoms. The third kappa shape index (κ3) is 3.65. The Morgan fingerprint density at radius 1 is 1.12 bits per heavy atom. The van der Waals surface area contributed by atoms with Crippen LogP contribution in [-0.4, -0.2) is 24.3 Å². The molecule has 0 spiro atoms. The average Bonchev–Trinajstić information content (AvgIpc) is 2.61. The number of ether oxygens (including phenoxy) is 1. The van der Waals surface area contributed by atoms with Crippen LogP contribution in [0, 0.1) is 0 Å². The maximum Gasteiger partial charge on any atom is 0.228 e. The molecule has 2 atom stereocenters. The lowest BCUT2D eigenvalue weighted by Gasteiger charge is -2.26. The van der Waals surface area contributed by atoms with Gasteiger partial charge in [0, 0.05) is 23.6 Å². The molecule has 0 saturated heterocycles. The first-order valence-corrected chi connectivity index (χ1v) is 8.25. The Bertz CT molecular complexity index is 727. The summed E-state index contributed by atoms with van der Waals surface area (Å²) in [6.45, 7) is 2.40. The fourth-order valence-corrected chi connectivity index (χ4v) is 3.03. The zero-order valence-electron chi connectivity index (χ0n) is 13.7. The van der Waals surface area contributed by atoms with Crippen molar-refractivity contribution >= 4 is 11.7 Å². The lowest BCUT2D eigenvalue weighted by molar-refractivity contribution is -0.123. The maximum absolute atomic E-state index is 12.6. The summed E-state index contributed by atoms with van der Waals surface area (Å²) in [4.78, 5) is 24.9. The van der Waals surface area contributed by atoms with Gasteiger partial charge in [-0.2, -0.15) is 0 Å². The molecule has 1 aliphatic rings. The van der Waals surface area contributed by atoms with Gasteiger partial charge in [0.15, 0.2) is 5.78 Å². The number of ketones is 1. The molecule has 2 aromatic rings. The van der Waals surface area contributed by atoms with E-state index in [4.69, 9.17) is 4.74 Å². The number of benzene rings is 2. The molecule has 24 heavy (non-hydrogen) atoms. The van der Waals surface area contributed by atoms with Gasteiger partial charge in [0.25, 0.3) is 0 Å². The summed E-state index contributed by atoms with van der Waals surface area (Å²) in [5.74, 6) is 0.552. The fraction of sp³-hybridized carbons (Fsp3) is 0.300. The number of nitrogens with one attached hydrogen (secondary N) is 1. The van der Waals surface area contributed by atoms with Crippen LogP contribution in [0.2, 0.25) is 0 Å². The second-order valence-corrected chi connectivity index (χ2v) is 6.13. The van der Waals surface area contributed by atoms with Crippen LogP contribution in [-0.2, 0) is 4.79 Å². The van der Waals surface area contributed by atoms with Crippen molar-refractivity contribution in [3.05, 3.63) is 65.7 Å². The molecule has 124 valence electrons.